The zero-order chi connectivity index (χ0) is 21.1. The number of methoxy groups -OCH3 is 1. The molecule has 0 radical (unpaired) electrons. The molecule has 2 aromatic rings. The summed E-state index contributed by atoms with van der Waals surface area (Å²) >= 11 is 0. The summed E-state index contributed by atoms with van der Waals surface area (Å²) in [4.78, 5) is 12.9. The minimum Gasteiger partial charge on any atom is -0.493 e. The van der Waals surface area contributed by atoms with Crippen molar-refractivity contribution in [3.63, 3.8) is 0 Å². The van der Waals surface area contributed by atoms with E-state index in [2.05, 4.69) is 0 Å². The van der Waals surface area contributed by atoms with Crippen LogP contribution in [0.5, 0.6) is 11.5 Å². The first-order valence-electron chi connectivity index (χ1n) is 10.5. The average Bonchev–Trinajstić information content (AvgIpc) is 2.79. The largest absolute Gasteiger partial charge is 0.493 e. The van der Waals surface area contributed by atoms with Crippen LogP contribution in [0.4, 0.5) is 0 Å². The van der Waals surface area contributed by atoms with Gasteiger partial charge >= 0.3 is 5.97 Å². The predicted molar refractivity (Wildman–Crippen MR) is 113 cm³/mol. The van der Waals surface area contributed by atoms with Gasteiger partial charge in [0.1, 0.15) is 0 Å². The smallest absolute Gasteiger partial charge is 0.314 e. The highest BCUT2D eigenvalue weighted by Gasteiger charge is 2.33. The Labute approximate surface area is 177 Å². The first-order chi connectivity index (χ1) is 14.5. The highest BCUT2D eigenvalue weighted by molar-refractivity contribution is 7.89. The zero-order valence-corrected chi connectivity index (χ0v) is 18.0. The fourth-order valence-corrected chi connectivity index (χ4v) is 5.77. The van der Waals surface area contributed by atoms with E-state index in [9.17, 15) is 13.2 Å². The molecule has 0 bridgehead atoms. The standard InChI is InChI=1S/C23H27NO5S/c1-28-21-8-4-5-9-22(21)29-23(25)18-12-14-24(15-13-18)30(26,27)20-11-10-17-6-2-3-7-19(17)16-20/h4-5,8-11,16,18H,2-3,6-7,12-15H2,1H3. The summed E-state index contributed by atoms with van der Waals surface area (Å²) in [7, 11) is -2.03. The molecule has 1 heterocycles. The molecule has 1 aliphatic heterocycles. The van der Waals surface area contributed by atoms with Gasteiger partial charge in [0.25, 0.3) is 0 Å². The van der Waals surface area contributed by atoms with Crippen LogP contribution < -0.4 is 9.47 Å². The number of aryl methyl sites for hydroxylation is 2. The third-order valence-corrected chi connectivity index (χ3v) is 7.92. The maximum Gasteiger partial charge on any atom is 0.314 e. The van der Waals surface area contributed by atoms with Crippen molar-refractivity contribution in [2.75, 3.05) is 20.2 Å². The molecule has 0 saturated carbocycles. The summed E-state index contributed by atoms with van der Waals surface area (Å²) < 4.78 is 38.5. The van der Waals surface area contributed by atoms with Gasteiger partial charge in [0.15, 0.2) is 11.5 Å². The van der Waals surface area contributed by atoms with Crippen LogP contribution in [0.3, 0.4) is 0 Å². The molecule has 0 amide bonds. The van der Waals surface area contributed by atoms with E-state index < -0.39 is 10.0 Å². The molecule has 6 nitrogen and oxygen atoms in total. The molecule has 0 atom stereocenters. The summed E-state index contributed by atoms with van der Waals surface area (Å²) in [6, 6.07) is 12.5. The van der Waals surface area contributed by atoms with E-state index in [0.29, 0.717) is 42.3 Å². The van der Waals surface area contributed by atoms with Crippen molar-refractivity contribution in [2.24, 2.45) is 5.92 Å². The molecule has 1 aliphatic carbocycles. The molecule has 0 spiro atoms. The number of hydrogen-bond donors (Lipinski definition) is 0. The van der Waals surface area contributed by atoms with Gasteiger partial charge in [-0.2, -0.15) is 4.31 Å². The summed E-state index contributed by atoms with van der Waals surface area (Å²) in [5.41, 5.74) is 2.41. The third kappa shape index (κ3) is 4.23. The van der Waals surface area contributed by atoms with Crippen LogP contribution >= 0.6 is 0 Å². The van der Waals surface area contributed by atoms with Crippen molar-refractivity contribution < 1.29 is 22.7 Å². The zero-order valence-electron chi connectivity index (χ0n) is 17.2. The van der Waals surface area contributed by atoms with E-state index in [1.54, 1.807) is 30.3 Å². The number of carbonyl (C=O) groups excluding carboxylic acids is 1. The van der Waals surface area contributed by atoms with Crippen LogP contribution in [0.2, 0.25) is 0 Å². The Kier molecular flexibility index (Phi) is 6.11. The van der Waals surface area contributed by atoms with Gasteiger partial charge in [-0.05, 0) is 73.9 Å². The molecule has 7 heteroatoms. The molecule has 160 valence electrons. The lowest BCUT2D eigenvalue weighted by molar-refractivity contribution is -0.140. The molecule has 0 aromatic heterocycles. The van der Waals surface area contributed by atoms with Crippen LogP contribution in [0.1, 0.15) is 36.8 Å². The fraction of sp³-hybridized carbons (Fsp3) is 0.435. The molecular formula is C23H27NO5S. The van der Waals surface area contributed by atoms with Crippen molar-refractivity contribution in [1.82, 2.24) is 4.31 Å². The van der Waals surface area contributed by atoms with Crippen LogP contribution in [0.15, 0.2) is 47.4 Å². The van der Waals surface area contributed by atoms with Crippen LogP contribution in [-0.2, 0) is 27.7 Å². The van der Waals surface area contributed by atoms with E-state index in [-0.39, 0.29) is 11.9 Å². The SMILES string of the molecule is COc1ccccc1OC(=O)C1CCN(S(=O)(=O)c2ccc3c(c2)CCCC3)CC1. The summed E-state index contributed by atoms with van der Waals surface area (Å²) in [5.74, 6) is 0.211. The maximum absolute atomic E-state index is 13.1. The third-order valence-electron chi connectivity index (χ3n) is 6.02. The Morgan fingerprint density at radius 1 is 0.967 bits per heavy atom. The Morgan fingerprint density at radius 2 is 1.63 bits per heavy atom. The minimum absolute atomic E-state index is 0.311. The first kappa shape index (κ1) is 20.9. The lowest BCUT2D eigenvalue weighted by Crippen LogP contribution is -2.41. The Hall–Kier alpha value is -2.38. The Balaban J connectivity index is 1.40. The number of esters is 1. The number of piperidine rings is 1. The van der Waals surface area contributed by atoms with Crippen molar-refractivity contribution in [3.05, 3.63) is 53.6 Å². The van der Waals surface area contributed by atoms with E-state index in [4.69, 9.17) is 9.47 Å². The highest BCUT2D eigenvalue weighted by Crippen LogP contribution is 2.30. The number of sulfonamides is 1. The number of para-hydroxylation sites is 2. The normalized spacial score (nSPS) is 17.9. The minimum atomic E-state index is -3.55. The predicted octanol–water partition coefficient (Wildman–Crippen LogP) is 3.58. The second kappa shape index (κ2) is 8.78. The molecule has 30 heavy (non-hydrogen) atoms. The number of benzene rings is 2. The molecule has 1 fully saturated rings. The summed E-state index contributed by atoms with van der Waals surface area (Å²) in [5, 5.41) is 0. The fourth-order valence-electron chi connectivity index (χ4n) is 4.25. The number of carbonyl (C=O) groups is 1. The monoisotopic (exact) mass is 429 g/mol. The number of rotatable bonds is 5. The average molecular weight is 430 g/mol. The van der Waals surface area contributed by atoms with E-state index in [1.165, 1.54) is 17.0 Å². The summed E-state index contributed by atoms with van der Waals surface area (Å²) in [6.07, 6.45) is 5.12. The van der Waals surface area contributed by atoms with Gasteiger partial charge in [-0.25, -0.2) is 8.42 Å². The van der Waals surface area contributed by atoms with Crippen LogP contribution in [0, 0.1) is 5.92 Å². The molecule has 2 aliphatic rings. The van der Waals surface area contributed by atoms with Gasteiger partial charge in [-0.1, -0.05) is 18.2 Å². The maximum atomic E-state index is 13.1. The van der Waals surface area contributed by atoms with Crippen LogP contribution in [-0.4, -0.2) is 38.9 Å². The van der Waals surface area contributed by atoms with Gasteiger partial charge in [0.05, 0.1) is 17.9 Å². The second-order valence-electron chi connectivity index (χ2n) is 7.89. The highest BCUT2D eigenvalue weighted by atomic mass is 32.2. The van der Waals surface area contributed by atoms with Gasteiger partial charge in [0.2, 0.25) is 10.0 Å². The van der Waals surface area contributed by atoms with E-state index in [0.717, 1.165) is 31.2 Å². The topological polar surface area (TPSA) is 72.9 Å². The molecule has 0 unspecified atom stereocenters. The number of hydrogen-bond acceptors (Lipinski definition) is 5. The quantitative estimate of drug-likeness (QED) is 0.537. The Bertz CT molecular complexity index is 1030. The van der Waals surface area contributed by atoms with Crippen molar-refractivity contribution in [1.29, 1.82) is 0 Å². The lowest BCUT2D eigenvalue weighted by Gasteiger charge is -2.30. The van der Waals surface area contributed by atoms with Gasteiger partial charge in [-0.15, -0.1) is 0 Å². The molecule has 2 aromatic carbocycles. The Morgan fingerprint density at radius 3 is 2.33 bits per heavy atom. The van der Waals surface area contributed by atoms with Gasteiger partial charge in [0, 0.05) is 13.1 Å². The lowest BCUT2D eigenvalue weighted by atomic mass is 9.92. The first-order valence-corrected chi connectivity index (χ1v) is 11.9. The molecule has 0 N–H and O–H groups in total. The summed E-state index contributed by atoms with van der Waals surface area (Å²) in [6.45, 7) is 0.621. The van der Waals surface area contributed by atoms with Gasteiger partial charge < -0.3 is 9.47 Å². The van der Waals surface area contributed by atoms with Crippen LogP contribution in [0.25, 0.3) is 0 Å². The number of nitrogens with zero attached hydrogens (tertiary/aromatic N) is 1. The number of ether oxygens (including phenoxy) is 2. The molecular weight excluding hydrogens is 402 g/mol. The van der Waals surface area contributed by atoms with Crippen molar-refractivity contribution >= 4 is 16.0 Å². The van der Waals surface area contributed by atoms with E-state index >= 15 is 0 Å². The van der Waals surface area contributed by atoms with E-state index in [1.807, 2.05) is 12.1 Å². The van der Waals surface area contributed by atoms with Gasteiger partial charge in [-0.3, -0.25) is 4.79 Å². The van der Waals surface area contributed by atoms with Crippen molar-refractivity contribution in [3.8, 4) is 11.5 Å². The number of fused-ring (bicyclic) bond motifs is 1. The molecule has 4 rings (SSSR count). The molecule has 1 saturated heterocycles. The second-order valence-corrected chi connectivity index (χ2v) is 9.83. The van der Waals surface area contributed by atoms with Crippen molar-refractivity contribution in [2.45, 2.75) is 43.4 Å².